The summed E-state index contributed by atoms with van der Waals surface area (Å²) in [5.74, 6) is -2.06. The van der Waals surface area contributed by atoms with Crippen LogP contribution in [0.25, 0.3) is 0 Å². The Kier molecular flexibility index (Phi) is 11.8. The first-order valence-electron chi connectivity index (χ1n) is 15.6. The summed E-state index contributed by atoms with van der Waals surface area (Å²) in [7, 11) is 1.22. The molecule has 11 heteroatoms. The summed E-state index contributed by atoms with van der Waals surface area (Å²) in [4.78, 5) is 52.2. The first-order valence-corrected chi connectivity index (χ1v) is 16.0. The number of carbonyl (C=O) groups is 4. The minimum absolute atomic E-state index is 0.0886. The Hall–Kier alpha value is -3.66. The van der Waals surface area contributed by atoms with Crippen molar-refractivity contribution in [3.05, 3.63) is 70.5 Å². The van der Waals surface area contributed by atoms with Crippen LogP contribution in [0.15, 0.2) is 48.5 Å². The molecule has 2 unspecified atom stereocenters. The second-order valence-corrected chi connectivity index (χ2v) is 13.0. The van der Waals surface area contributed by atoms with Gasteiger partial charge in [-0.25, -0.2) is 14.0 Å². The molecule has 2 aromatic carbocycles. The quantitative estimate of drug-likeness (QED) is 0.253. The van der Waals surface area contributed by atoms with E-state index < -0.39 is 53.3 Å². The molecule has 0 aromatic heterocycles. The van der Waals surface area contributed by atoms with E-state index in [0.717, 1.165) is 37.7 Å². The summed E-state index contributed by atoms with van der Waals surface area (Å²) in [6.07, 6.45) is 4.31. The molecule has 0 radical (unpaired) electrons. The van der Waals surface area contributed by atoms with Crippen LogP contribution in [-0.4, -0.2) is 49.6 Å². The number of nitrogens with one attached hydrogen (secondary N) is 3. The third-order valence-electron chi connectivity index (χ3n) is 9.01. The van der Waals surface area contributed by atoms with E-state index in [4.69, 9.17) is 21.1 Å². The van der Waals surface area contributed by atoms with E-state index in [1.807, 2.05) is 19.9 Å². The zero-order valence-corrected chi connectivity index (χ0v) is 26.8. The van der Waals surface area contributed by atoms with Crippen molar-refractivity contribution in [2.24, 2.45) is 11.8 Å². The standard InChI is InChI=1S/C34H43ClFN3O6/c1-34(2,24-10-7-11-25(35)20-24)29(22-12-14-26(36)15-13-22)45-33(43)39-27(18-21-8-5-4-6-9-21)31(41)38-28(32(42)44-3)19-23-16-17-37-30(23)40/h7,10-15,20-21,23,27-29H,4-6,8-9,16-19H2,1-3H3,(H,37,40)(H,38,41)(H,39,43)/t23?,27-,28-,29?/m0/s1. The van der Waals surface area contributed by atoms with Crippen molar-refractivity contribution >= 4 is 35.5 Å². The summed E-state index contributed by atoms with van der Waals surface area (Å²) < 4.78 is 24.9. The smallest absolute Gasteiger partial charge is 0.408 e. The number of alkyl carbamates (subject to hydrolysis) is 1. The lowest BCUT2D eigenvalue weighted by Gasteiger charge is -2.35. The van der Waals surface area contributed by atoms with Crippen molar-refractivity contribution in [1.82, 2.24) is 16.0 Å². The van der Waals surface area contributed by atoms with Gasteiger partial charge < -0.3 is 25.4 Å². The van der Waals surface area contributed by atoms with Crippen molar-refractivity contribution in [3.8, 4) is 0 Å². The molecule has 0 bridgehead atoms. The minimum Gasteiger partial charge on any atom is -0.467 e. The fraction of sp³-hybridized carbons (Fsp3) is 0.529. The summed E-state index contributed by atoms with van der Waals surface area (Å²) in [6.45, 7) is 4.29. The van der Waals surface area contributed by atoms with E-state index in [1.165, 1.54) is 19.2 Å². The van der Waals surface area contributed by atoms with Crippen molar-refractivity contribution in [2.75, 3.05) is 13.7 Å². The molecule has 2 fully saturated rings. The zero-order chi connectivity index (χ0) is 32.6. The van der Waals surface area contributed by atoms with Gasteiger partial charge in [0.15, 0.2) is 0 Å². The van der Waals surface area contributed by atoms with Gasteiger partial charge in [0, 0.05) is 22.9 Å². The van der Waals surface area contributed by atoms with Crippen LogP contribution in [0.3, 0.4) is 0 Å². The van der Waals surface area contributed by atoms with Crippen LogP contribution in [-0.2, 0) is 29.3 Å². The molecule has 1 aliphatic heterocycles. The van der Waals surface area contributed by atoms with Gasteiger partial charge in [-0.15, -0.1) is 0 Å². The van der Waals surface area contributed by atoms with Crippen LogP contribution in [0.2, 0.25) is 5.02 Å². The first-order chi connectivity index (χ1) is 21.5. The van der Waals surface area contributed by atoms with E-state index in [2.05, 4.69) is 16.0 Å². The molecule has 4 atom stereocenters. The van der Waals surface area contributed by atoms with Gasteiger partial charge >= 0.3 is 12.1 Å². The number of benzene rings is 2. The highest BCUT2D eigenvalue weighted by Crippen LogP contribution is 2.40. The Balaban J connectivity index is 1.57. The number of rotatable bonds is 12. The molecule has 1 saturated carbocycles. The third kappa shape index (κ3) is 9.19. The van der Waals surface area contributed by atoms with Gasteiger partial charge in [-0.2, -0.15) is 0 Å². The average Bonchev–Trinajstić information content (AvgIpc) is 3.43. The predicted octanol–water partition coefficient (Wildman–Crippen LogP) is 5.75. The number of ether oxygens (including phenoxy) is 2. The lowest BCUT2D eigenvalue weighted by atomic mass is 9.76. The van der Waals surface area contributed by atoms with Gasteiger partial charge in [-0.05, 0) is 60.6 Å². The Morgan fingerprint density at radius 3 is 2.33 bits per heavy atom. The molecule has 1 saturated heterocycles. The van der Waals surface area contributed by atoms with Gasteiger partial charge in [0.25, 0.3) is 0 Å². The van der Waals surface area contributed by atoms with Crippen molar-refractivity contribution < 1.29 is 33.0 Å². The Labute approximate surface area is 268 Å². The van der Waals surface area contributed by atoms with Crippen LogP contribution in [0.5, 0.6) is 0 Å². The normalized spacial score (nSPS) is 19.1. The number of esters is 1. The molecule has 4 rings (SSSR count). The fourth-order valence-electron chi connectivity index (χ4n) is 6.36. The molecule has 9 nitrogen and oxygen atoms in total. The van der Waals surface area contributed by atoms with E-state index in [-0.39, 0.29) is 18.2 Å². The number of hydrogen-bond acceptors (Lipinski definition) is 6. The van der Waals surface area contributed by atoms with Gasteiger partial charge in [0.1, 0.15) is 24.0 Å². The van der Waals surface area contributed by atoms with Crippen LogP contribution in [0, 0.1) is 17.7 Å². The van der Waals surface area contributed by atoms with E-state index in [1.54, 1.807) is 30.3 Å². The monoisotopic (exact) mass is 643 g/mol. The van der Waals surface area contributed by atoms with Gasteiger partial charge in [-0.3, -0.25) is 9.59 Å². The molecule has 0 spiro atoms. The van der Waals surface area contributed by atoms with Crippen LogP contribution in [0.4, 0.5) is 9.18 Å². The van der Waals surface area contributed by atoms with Crippen LogP contribution < -0.4 is 16.0 Å². The second-order valence-electron chi connectivity index (χ2n) is 12.6. The Morgan fingerprint density at radius 1 is 1.00 bits per heavy atom. The van der Waals surface area contributed by atoms with Gasteiger partial charge in [0.2, 0.25) is 11.8 Å². The van der Waals surface area contributed by atoms with Crippen LogP contribution in [0.1, 0.15) is 82.4 Å². The molecule has 244 valence electrons. The predicted molar refractivity (Wildman–Crippen MR) is 168 cm³/mol. The maximum Gasteiger partial charge on any atom is 0.408 e. The van der Waals surface area contributed by atoms with Crippen molar-refractivity contribution in [2.45, 2.75) is 88.8 Å². The number of carbonyl (C=O) groups excluding carboxylic acids is 4. The summed E-state index contributed by atoms with van der Waals surface area (Å²) in [5.41, 5.74) is 0.551. The number of amides is 3. The number of hydrogen-bond donors (Lipinski definition) is 3. The van der Waals surface area contributed by atoms with Gasteiger partial charge in [-0.1, -0.05) is 81.8 Å². The summed E-state index contributed by atoms with van der Waals surface area (Å²) in [5, 5.41) is 8.77. The lowest BCUT2D eigenvalue weighted by molar-refractivity contribution is -0.146. The van der Waals surface area contributed by atoms with Gasteiger partial charge in [0.05, 0.1) is 7.11 Å². The number of halogens is 2. The second kappa shape index (κ2) is 15.6. The lowest BCUT2D eigenvalue weighted by Crippen LogP contribution is -2.53. The summed E-state index contributed by atoms with van der Waals surface area (Å²) in [6, 6.07) is 10.9. The topological polar surface area (TPSA) is 123 Å². The van der Waals surface area contributed by atoms with Crippen molar-refractivity contribution in [3.63, 3.8) is 0 Å². The molecule has 3 amide bonds. The highest BCUT2D eigenvalue weighted by atomic mass is 35.5. The molecule has 2 aliphatic rings. The van der Waals surface area contributed by atoms with Crippen molar-refractivity contribution in [1.29, 1.82) is 0 Å². The van der Waals surface area contributed by atoms with E-state index >= 15 is 0 Å². The molecular formula is C34H43ClFN3O6. The minimum atomic E-state index is -1.06. The zero-order valence-electron chi connectivity index (χ0n) is 26.1. The summed E-state index contributed by atoms with van der Waals surface area (Å²) >= 11 is 6.29. The maximum absolute atomic E-state index is 13.9. The SMILES string of the molecule is COC(=O)[C@H](CC1CCNC1=O)NC(=O)[C@H](CC1CCCCC1)NC(=O)OC(c1ccc(F)cc1)C(C)(C)c1cccc(Cl)c1. The molecule has 1 aliphatic carbocycles. The van der Waals surface area contributed by atoms with E-state index in [0.29, 0.717) is 30.0 Å². The fourth-order valence-corrected chi connectivity index (χ4v) is 6.55. The van der Waals surface area contributed by atoms with Crippen LogP contribution >= 0.6 is 11.6 Å². The molecule has 45 heavy (non-hydrogen) atoms. The highest BCUT2D eigenvalue weighted by molar-refractivity contribution is 6.30. The highest BCUT2D eigenvalue weighted by Gasteiger charge is 2.38. The molecular weight excluding hydrogens is 601 g/mol. The van der Waals surface area contributed by atoms with E-state index in [9.17, 15) is 23.6 Å². The first kappa shape index (κ1) is 34.2. The Bertz CT molecular complexity index is 1350. The third-order valence-corrected chi connectivity index (χ3v) is 9.24. The molecule has 2 aromatic rings. The molecule has 1 heterocycles. The largest absolute Gasteiger partial charge is 0.467 e. The number of methoxy groups -OCH3 is 1. The average molecular weight is 644 g/mol. The Morgan fingerprint density at radius 2 is 1.71 bits per heavy atom. The maximum atomic E-state index is 13.9. The molecule has 3 N–H and O–H groups in total.